The molecule has 174 valence electrons. The van der Waals surface area contributed by atoms with Gasteiger partial charge in [0.15, 0.2) is 9.84 Å². The van der Waals surface area contributed by atoms with Crippen molar-refractivity contribution in [3.63, 3.8) is 0 Å². The van der Waals surface area contributed by atoms with Gasteiger partial charge in [0.05, 0.1) is 16.2 Å². The van der Waals surface area contributed by atoms with Crippen LogP contribution in [0.5, 0.6) is 0 Å². The average Bonchev–Trinajstić information content (AvgIpc) is 2.98. The van der Waals surface area contributed by atoms with Gasteiger partial charge in [-0.15, -0.1) is 0 Å². The molecule has 7 nitrogen and oxygen atoms in total. The second kappa shape index (κ2) is 9.30. The zero-order valence-corrected chi connectivity index (χ0v) is 19.8. The van der Waals surface area contributed by atoms with Crippen LogP contribution in [0, 0.1) is 6.92 Å². The van der Waals surface area contributed by atoms with Gasteiger partial charge in [-0.2, -0.15) is 0 Å². The van der Waals surface area contributed by atoms with E-state index in [4.69, 9.17) is 4.98 Å². The highest BCUT2D eigenvalue weighted by molar-refractivity contribution is 7.91. The maximum atomic E-state index is 12.8. The third-order valence-electron chi connectivity index (χ3n) is 5.98. The molecule has 0 radical (unpaired) electrons. The van der Waals surface area contributed by atoms with Gasteiger partial charge in [-0.3, -0.25) is 0 Å². The monoisotopic (exact) mass is 473 g/mol. The minimum Gasteiger partial charge on any atom is -0.383 e. The predicted molar refractivity (Wildman–Crippen MR) is 137 cm³/mol. The van der Waals surface area contributed by atoms with E-state index in [1.807, 2.05) is 48.5 Å². The molecule has 0 spiro atoms. The maximum Gasteiger partial charge on any atom is 0.180 e. The van der Waals surface area contributed by atoms with Crippen molar-refractivity contribution in [3.05, 3.63) is 84.1 Å². The molecule has 0 aliphatic carbocycles. The fourth-order valence-corrected chi connectivity index (χ4v) is 5.75. The zero-order chi connectivity index (χ0) is 23.5. The summed E-state index contributed by atoms with van der Waals surface area (Å²) in [5.41, 5.74) is 3.82. The van der Waals surface area contributed by atoms with E-state index in [-0.39, 0.29) is 5.75 Å². The molecule has 1 aliphatic heterocycles. The molecule has 2 N–H and O–H groups in total. The topological polar surface area (TPSA) is 87.2 Å². The van der Waals surface area contributed by atoms with Crippen molar-refractivity contribution in [2.24, 2.45) is 0 Å². The molecule has 0 bridgehead atoms. The SMILES string of the molecule is Cc1ccc2nc(N3CCS(=O)(=O)c4ccccc4C3)cc(NCCNc3ccccn3)c2c1. The summed E-state index contributed by atoms with van der Waals surface area (Å²) in [6.07, 6.45) is 1.76. The first-order chi connectivity index (χ1) is 16.5. The molecule has 1 aliphatic rings. The molecule has 0 saturated heterocycles. The predicted octanol–water partition coefficient (Wildman–Crippen LogP) is 4.26. The normalized spacial score (nSPS) is 14.9. The summed E-state index contributed by atoms with van der Waals surface area (Å²) in [4.78, 5) is 11.7. The van der Waals surface area contributed by atoms with E-state index in [2.05, 4.69) is 33.5 Å². The van der Waals surface area contributed by atoms with Gasteiger partial charge in [0.2, 0.25) is 0 Å². The number of hydrogen-bond acceptors (Lipinski definition) is 7. The molecule has 34 heavy (non-hydrogen) atoms. The Labute approximate surface area is 199 Å². The van der Waals surface area contributed by atoms with Crippen molar-refractivity contribution < 1.29 is 8.42 Å². The lowest BCUT2D eigenvalue weighted by Gasteiger charge is -2.23. The number of nitrogens with zero attached hydrogens (tertiary/aromatic N) is 3. The zero-order valence-electron chi connectivity index (χ0n) is 19.0. The van der Waals surface area contributed by atoms with Crippen LogP contribution >= 0.6 is 0 Å². The van der Waals surface area contributed by atoms with Crippen LogP contribution in [0.2, 0.25) is 0 Å². The molecule has 3 heterocycles. The van der Waals surface area contributed by atoms with Gasteiger partial charge in [-0.05, 0) is 42.8 Å². The van der Waals surface area contributed by atoms with Crippen LogP contribution in [-0.2, 0) is 16.4 Å². The summed E-state index contributed by atoms with van der Waals surface area (Å²) in [5.74, 6) is 1.67. The molecule has 0 amide bonds. The van der Waals surface area contributed by atoms with Gasteiger partial charge >= 0.3 is 0 Å². The minimum absolute atomic E-state index is 0.0639. The Balaban J connectivity index is 1.43. The number of nitrogens with one attached hydrogen (secondary N) is 2. The van der Waals surface area contributed by atoms with E-state index in [9.17, 15) is 8.42 Å². The average molecular weight is 474 g/mol. The molecule has 0 fully saturated rings. The van der Waals surface area contributed by atoms with Gasteiger partial charge in [0.25, 0.3) is 0 Å². The third kappa shape index (κ3) is 4.68. The highest BCUT2D eigenvalue weighted by atomic mass is 32.2. The second-order valence-electron chi connectivity index (χ2n) is 8.47. The number of aryl methyl sites for hydroxylation is 1. The number of sulfone groups is 1. The molecule has 0 saturated carbocycles. The van der Waals surface area contributed by atoms with Crippen LogP contribution in [-0.4, -0.2) is 43.8 Å². The Hall–Kier alpha value is -3.65. The third-order valence-corrected chi connectivity index (χ3v) is 7.77. The first-order valence-corrected chi connectivity index (χ1v) is 13.0. The van der Waals surface area contributed by atoms with E-state index >= 15 is 0 Å². The van der Waals surface area contributed by atoms with Gasteiger partial charge in [0, 0.05) is 49.5 Å². The van der Waals surface area contributed by atoms with Crippen LogP contribution in [0.4, 0.5) is 17.3 Å². The Kier molecular flexibility index (Phi) is 6.06. The Morgan fingerprint density at radius 1 is 0.971 bits per heavy atom. The largest absolute Gasteiger partial charge is 0.383 e. The van der Waals surface area contributed by atoms with Crippen LogP contribution in [0.3, 0.4) is 0 Å². The van der Waals surface area contributed by atoms with Crippen molar-refractivity contribution in [2.45, 2.75) is 18.4 Å². The lowest BCUT2D eigenvalue weighted by atomic mass is 10.1. The van der Waals surface area contributed by atoms with Crippen LogP contribution in [0.1, 0.15) is 11.1 Å². The van der Waals surface area contributed by atoms with Gasteiger partial charge < -0.3 is 15.5 Å². The van der Waals surface area contributed by atoms with E-state index in [1.54, 1.807) is 18.3 Å². The molecule has 0 atom stereocenters. The standard InChI is InChI=1S/C26H27N5O2S/c1-19-9-10-22-21(16-19)23(27-12-13-29-25-8-4-5-11-28-25)17-26(30-22)31-14-15-34(32,33)24-7-3-2-6-20(24)18-31/h2-11,16-17H,12-15,18H2,1H3,(H,27,30)(H,28,29). The minimum atomic E-state index is -3.32. The molecule has 2 aromatic carbocycles. The van der Waals surface area contributed by atoms with Gasteiger partial charge in [0.1, 0.15) is 11.6 Å². The maximum absolute atomic E-state index is 12.8. The molecular weight excluding hydrogens is 446 g/mol. The van der Waals surface area contributed by atoms with Crippen molar-refractivity contribution in [3.8, 4) is 0 Å². The molecule has 5 rings (SSSR count). The molecule has 2 aromatic heterocycles. The van der Waals surface area contributed by atoms with E-state index in [1.165, 1.54) is 0 Å². The lowest BCUT2D eigenvalue weighted by molar-refractivity contribution is 0.596. The van der Waals surface area contributed by atoms with Crippen LogP contribution < -0.4 is 15.5 Å². The van der Waals surface area contributed by atoms with Gasteiger partial charge in [-0.1, -0.05) is 35.9 Å². The smallest absolute Gasteiger partial charge is 0.180 e. The number of anilines is 3. The number of hydrogen-bond donors (Lipinski definition) is 2. The quantitative estimate of drug-likeness (QED) is 0.405. The number of aromatic nitrogens is 2. The van der Waals surface area contributed by atoms with Crippen molar-refractivity contribution >= 4 is 38.1 Å². The Morgan fingerprint density at radius 2 is 1.79 bits per heavy atom. The van der Waals surface area contributed by atoms with Crippen molar-refractivity contribution in [1.29, 1.82) is 0 Å². The molecule has 8 heteroatoms. The van der Waals surface area contributed by atoms with Crippen molar-refractivity contribution in [1.82, 2.24) is 9.97 Å². The lowest BCUT2D eigenvalue weighted by Crippen LogP contribution is -2.26. The summed E-state index contributed by atoms with van der Waals surface area (Å²) in [6, 6.07) is 21.3. The van der Waals surface area contributed by atoms with Crippen LogP contribution in [0.15, 0.2) is 77.8 Å². The number of fused-ring (bicyclic) bond motifs is 2. The fraction of sp³-hybridized carbons (Fsp3) is 0.231. The Morgan fingerprint density at radius 3 is 2.65 bits per heavy atom. The molecular formula is C26H27N5O2S. The van der Waals surface area contributed by atoms with Gasteiger partial charge in [-0.25, -0.2) is 18.4 Å². The number of rotatable bonds is 6. The number of benzene rings is 2. The van der Waals surface area contributed by atoms with Crippen LogP contribution in [0.25, 0.3) is 10.9 Å². The van der Waals surface area contributed by atoms with E-state index in [0.717, 1.165) is 39.4 Å². The summed E-state index contributed by atoms with van der Waals surface area (Å²) in [7, 11) is -3.32. The van der Waals surface area contributed by atoms with E-state index in [0.29, 0.717) is 31.1 Å². The summed E-state index contributed by atoms with van der Waals surface area (Å²) in [5, 5.41) is 7.90. The molecule has 0 unspecified atom stereocenters. The summed E-state index contributed by atoms with van der Waals surface area (Å²) < 4.78 is 25.6. The van der Waals surface area contributed by atoms with Crippen molar-refractivity contribution in [2.75, 3.05) is 40.9 Å². The summed E-state index contributed by atoms with van der Waals surface area (Å²) >= 11 is 0. The fourth-order valence-electron chi connectivity index (χ4n) is 4.25. The highest BCUT2D eigenvalue weighted by Gasteiger charge is 2.26. The summed E-state index contributed by atoms with van der Waals surface area (Å²) in [6.45, 7) is 4.36. The first kappa shape index (κ1) is 22.2. The van der Waals surface area contributed by atoms with E-state index < -0.39 is 9.84 Å². The Bertz CT molecular complexity index is 1420. The first-order valence-electron chi connectivity index (χ1n) is 11.4. The number of pyridine rings is 2. The molecule has 4 aromatic rings. The second-order valence-corrected chi connectivity index (χ2v) is 10.5. The highest BCUT2D eigenvalue weighted by Crippen LogP contribution is 2.31.